The Kier molecular flexibility index (Phi) is 1.26. The van der Waals surface area contributed by atoms with Gasteiger partial charge in [-0.1, -0.05) is 26.0 Å². The molecule has 0 radical (unpaired) electrons. The summed E-state index contributed by atoms with van der Waals surface area (Å²) in [5, 5.41) is 0. The Hall–Kier alpha value is -0.300. The van der Waals surface area contributed by atoms with E-state index in [1.807, 2.05) is 0 Å². The third-order valence-corrected chi connectivity index (χ3v) is 3.93. The van der Waals surface area contributed by atoms with Crippen LogP contribution in [-0.4, -0.2) is 6.04 Å². The second-order valence-corrected chi connectivity index (χ2v) is 4.72. The Morgan fingerprint density at radius 1 is 1.45 bits per heavy atom. The summed E-state index contributed by atoms with van der Waals surface area (Å²) in [6, 6.07) is 0.298. The monoisotopic (exact) mass is 151 g/mol. The molecule has 3 atom stereocenters. The molecular formula is C10H17N. The van der Waals surface area contributed by atoms with Crippen molar-refractivity contribution >= 4 is 0 Å². The van der Waals surface area contributed by atoms with E-state index in [0.717, 1.165) is 11.8 Å². The standard InChI is InChI=1S/C10H17N/c1-6-8-4-7(5-9(6)11)10(8,2)3/h7-9H,1,4-5,11H2,2-3H3/t7-,8-,9-/m1/s1. The first-order valence-electron chi connectivity index (χ1n) is 4.47. The molecule has 0 amide bonds. The van der Waals surface area contributed by atoms with Crippen LogP contribution in [0.1, 0.15) is 26.7 Å². The van der Waals surface area contributed by atoms with Gasteiger partial charge in [-0.05, 0) is 30.1 Å². The molecule has 3 aliphatic carbocycles. The van der Waals surface area contributed by atoms with Crippen LogP contribution in [0.15, 0.2) is 12.2 Å². The number of fused-ring (bicyclic) bond motifs is 2. The van der Waals surface area contributed by atoms with E-state index in [9.17, 15) is 0 Å². The second-order valence-electron chi connectivity index (χ2n) is 4.72. The highest BCUT2D eigenvalue weighted by Gasteiger charge is 2.53. The highest BCUT2D eigenvalue weighted by Crippen LogP contribution is 2.60. The quantitative estimate of drug-likeness (QED) is 0.526. The van der Waals surface area contributed by atoms with Crippen molar-refractivity contribution in [2.45, 2.75) is 32.7 Å². The predicted octanol–water partition coefficient (Wildman–Crippen LogP) is 1.94. The molecule has 0 saturated heterocycles. The van der Waals surface area contributed by atoms with Crippen molar-refractivity contribution in [1.29, 1.82) is 0 Å². The van der Waals surface area contributed by atoms with Gasteiger partial charge in [0.15, 0.2) is 0 Å². The van der Waals surface area contributed by atoms with Gasteiger partial charge in [-0.3, -0.25) is 0 Å². The summed E-state index contributed by atoms with van der Waals surface area (Å²) >= 11 is 0. The Morgan fingerprint density at radius 3 is 2.45 bits per heavy atom. The molecule has 0 spiro atoms. The predicted molar refractivity (Wildman–Crippen MR) is 47.1 cm³/mol. The average Bonchev–Trinajstić information content (AvgIpc) is 1.93. The molecule has 0 aromatic rings. The summed E-state index contributed by atoms with van der Waals surface area (Å²) in [6.07, 6.45) is 2.52. The molecule has 3 rings (SSSR count). The van der Waals surface area contributed by atoms with Crippen molar-refractivity contribution in [3.05, 3.63) is 12.2 Å². The lowest BCUT2D eigenvalue weighted by atomic mass is 9.46. The number of hydrogen-bond donors (Lipinski definition) is 1. The number of nitrogens with two attached hydrogens (primary N) is 1. The van der Waals surface area contributed by atoms with Crippen LogP contribution in [-0.2, 0) is 0 Å². The summed E-state index contributed by atoms with van der Waals surface area (Å²) in [5.74, 6) is 1.59. The molecule has 0 unspecified atom stereocenters. The van der Waals surface area contributed by atoms with Crippen LogP contribution in [0.25, 0.3) is 0 Å². The smallest absolute Gasteiger partial charge is 0.0256 e. The summed E-state index contributed by atoms with van der Waals surface area (Å²) in [7, 11) is 0. The molecule has 11 heavy (non-hydrogen) atoms. The third-order valence-electron chi connectivity index (χ3n) is 3.93. The van der Waals surface area contributed by atoms with E-state index in [-0.39, 0.29) is 0 Å². The first-order chi connectivity index (χ1) is 5.03. The highest BCUT2D eigenvalue weighted by molar-refractivity contribution is 5.24. The van der Waals surface area contributed by atoms with Gasteiger partial charge in [0.2, 0.25) is 0 Å². The fraction of sp³-hybridized carbons (Fsp3) is 0.800. The van der Waals surface area contributed by atoms with Crippen LogP contribution < -0.4 is 5.73 Å². The largest absolute Gasteiger partial charge is 0.324 e. The molecule has 3 aliphatic rings. The van der Waals surface area contributed by atoms with Gasteiger partial charge in [-0.25, -0.2) is 0 Å². The minimum absolute atomic E-state index is 0.298. The zero-order chi connectivity index (χ0) is 8.22. The highest BCUT2D eigenvalue weighted by atomic mass is 14.7. The van der Waals surface area contributed by atoms with Crippen LogP contribution in [0, 0.1) is 17.3 Å². The lowest BCUT2D eigenvalue weighted by Gasteiger charge is -2.59. The molecule has 3 saturated carbocycles. The van der Waals surface area contributed by atoms with Gasteiger partial charge in [0.05, 0.1) is 0 Å². The number of rotatable bonds is 0. The molecule has 0 aromatic heterocycles. The minimum atomic E-state index is 0.298. The number of hydrogen-bond acceptors (Lipinski definition) is 1. The van der Waals surface area contributed by atoms with E-state index >= 15 is 0 Å². The topological polar surface area (TPSA) is 26.0 Å². The molecule has 1 nitrogen and oxygen atoms in total. The van der Waals surface area contributed by atoms with Crippen LogP contribution in [0.5, 0.6) is 0 Å². The summed E-state index contributed by atoms with van der Waals surface area (Å²) in [4.78, 5) is 0. The maximum Gasteiger partial charge on any atom is 0.0256 e. The maximum atomic E-state index is 5.92. The van der Waals surface area contributed by atoms with Crippen LogP contribution in [0.2, 0.25) is 0 Å². The van der Waals surface area contributed by atoms with Crippen LogP contribution in [0.3, 0.4) is 0 Å². The van der Waals surface area contributed by atoms with E-state index in [0.29, 0.717) is 11.5 Å². The van der Waals surface area contributed by atoms with Gasteiger partial charge >= 0.3 is 0 Å². The van der Waals surface area contributed by atoms with E-state index in [4.69, 9.17) is 5.73 Å². The van der Waals surface area contributed by atoms with E-state index < -0.39 is 0 Å². The zero-order valence-corrected chi connectivity index (χ0v) is 7.43. The summed E-state index contributed by atoms with van der Waals surface area (Å²) < 4.78 is 0. The molecular weight excluding hydrogens is 134 g/mol. The summed E-state index contributed by atoms with van der Waals surface area (Å²) in [5.41, 5.74) is 7.73. The van der Waals surface area contributed by atoms with Crippen LogP contribution >= 0.6 is 0 Å². The Labute approximate surface area is 68.7 Å². The third kappa shape index (κ3) is 0.750. The van der Waals surface area contributed by atoms with Crippen molar-refractivity contribution in [3.8, 4) is 0 Å². The van der Waals surface area contributed by atoms with Gasteiger partial charge in [-0.15, -0.1) is 0 Å². The normalized spacial score (nSPS) is 46.8. The Morgan fingerprint density at radius 2 is 2.09 bits per heavy atom. The molecule has 2 N–H and O–H groups in total. The van der Waals surface area contributed by atoms with Gasteiger partial charge in [-0.2, -0.15) is 0 Å². The minimum Gasteiger partial charge on any atom is -0.324 e. The maximum absolute atomic E-state index is 5.92. The van der Waals surface area contributed by atoms with Gasteiger partial charge in [0.25, 0.3) is 0 Å². The van der Waals surface area contributed by atoms with E-state index in [2.05, 4.69) is 20.4 Å². The van der Waals surface area contributed by atoms with E-state index in [1.54, 1.807) is 0 Å². The first kappa shape index (κ1) is 7.35. The van der Waals surface area contributed by atoms with Gasteiger partial charge in [0, 0.05) is 6.04 Å². The SMILES string of the molecule is C=C1[C@H](N)C[C@H]2C[C@H]1C2(C)C. The molecule has 0 aliphatic heterocycles. The molecule has 3 fully saturated rings. The fourth-order valence-electron chi connectivity index (χ4n) is 2.76. The van der Waals surface area contributed by atoms with Gasteiger partial charge in [0.1, 0.15) is 0 Å². The molecule has 2 bridgehead atoms. The Balaban J connectivity index is 2.23. The van der Waals surface area contributed by atoms with Crippen molar-refractivity contribution < 1.29 is 0 Å². The molecule has 1 heteroatoms. The van der Waals surface area contributed by atoms with Crippen molar-refractivity contribution in [2.75, 3.05) is 0 Å². The van der Waals surface area contributed by atoms with Crippen molar-refractivity contribution in [3.63, 3.8) is 0 Å². The summed E-state index contributed by atoms with van der Waals surface area (Å²) in [6.45, 7) is 8.78. The van der Waals surface area contributed by atoms with Crippen LogP contribution in [0.4, 0.5) is 0 Å². The van der Waals surface area contributed by atoms with E-state index in [1.165, 1.54) is 18.4 Å². The fourth-order valence-corrected chi connectivity index (χ4v) is 2.76. The van der Waals surface area contributed by atoms with Gasteiger partial charge < -0.3 is 5.73 Å². The van der Waals surface area contributed by atoms with Crippen molar-refractivity contribution in [2.24, 2.45) is 23.0 Å². The molecule has 62 valence electrons. The zero-order valence-electron chi connectivity index (χ0n) is 7.43. The Bertz CT molecular complexity index is 205. The van der Waals surface area contributed by atoms with Crippen molar-refractivity contribution in [1.82, 2.24) is 0 Å². The molecule has 0 heterocycles. The average molecular weight is 151 g/mol. The lowest BCUT2D eigenvalue weighted by molar-refractivity contribution is -0.0336. The lowest BCUT2D eigenvalue weighted by Crippen LogP contribution is -2.55. The first-order valence-corrected chi connectivity index (χ1v) is 4.47. The second kappa shape index (κ2) is 1.89. The molecule has 0 aromatic carbocycles.